The Balaban J connectivity index is 3.10. The molecule has 0 aliphatic rings. The second-order valence-electron chi connectivity index (χ2n) is 7.61. The molecule has 0 saturated heterocycles. The molecule has 0 amide bonds. The minimum atomic E-state index is -0.503. The predicted molar refractivity (Wildman–Crippen MR) is 123 cm³/mol. The molecule has 0 aromatic heterocycles. The summed E-state index contributed by atoms with van der Waals surface area (Å²) >= 11 is 5.49. The minimum absolute atomic E-state index is 0.0769. The van der Waals surface area contributed by atoms with Gasteiger partial charge in [-0.1, -0.05) is 0 Å². The molecule has 0 unspecified atom stereocenters. The summed E-state index contributed by atoms with van der Waals surface area (Å²) in [5.74, 6) is 0.113. The van der Waals surface area contributed by atoms with Gasteiger partial charge < -0.3 is 42.6 Å². The molecule has 0 spiro atoms. The largest absolute Gasteiger partial charge is 0.458 e. The van der Waals surface area contributed by atoms with E-state index in [2.05, 4.69) is 0 Å². The van der Waals surface area contributed by atoms with Gasteiger partial charge in [-0.15, -0.1) is 11.6 Å². The molecule has 0 aliphatic heterocycles. The average molecular weight is 503 g/mol. The highest BCUT2D eigenvalue weighted by Crippen LogP contribution is 2.06. The summed E-state index contributed by atoms with van der Waals surface area (Å²) < 4.78 is 47.8. The van der Waals surface area contributed by atoms with Crippen molar-refractivity contribution in [2.75, 3.05) is 112 Å². The van der Waals surface area contributed by atoms with Gasteiger partial charge in [0.2, 0.25) is 0 Å². The van der Waals surface area contributed by atoms with Gasteiger partial charge in [0.15, 0.2) is 0 Å². The molecule has 0 aromatic rings. The lowest BCUT2D eigenvalue weighted by atomic mass is 10.2. The van der Waals surface area contributed by atoms with Crippen LogP contribution in [0.2, 0.25) is 0 Å². The van der Waals surface area contributed by atoms with Gasteiger partial charge in [0, 0.05) is 5.88 Å². The van der Waals surface area contributed by atoms with E-state index in [-0.39, 0.29) is 12.6 Å². The number of hydrogen-bond acceptors (Lipinski definition) is 10. The van der Waals surface area contributed by atoms with Crippen molar-refractivity contribution in [2.24, 2.45) is 0 Å². The van der Waals surface area contributed by atoms with Gasteiger partial charge in [0.1, 0.15) is 12.2 Å². The fourth-order valence-corrected chi connectivity index (χ4v) is 2.23. The SMILES string of the molecule is CC(C)(C)OC(=O)COCCOCCOCCOCCOCCOCCOCCOCCCl. The van der Waals surface area contributed by atoms with Gasteiger partial charge in [0.25, 0.3) is 0 Å². The van der Waals surface area contributed by atoms with Gasteiger partial charge in [-0.25, -0.2) is 4.79 Å². The molecule has 0 radical (unpaired) electrons. The van der Waals surface area contributed by atoms with Crippen LogP contribution in [0.1, 0.15) is 20.8 Å². The molecule has 10 nitrogen and oxygen atoms in total. The lowest BCUT2D eigenvalue weighted by Gasteiger charge is -2.19. The van der Waals surface area contributed by atoms with Crippen molar-refractivity contribution in [1.82, 2.24) is 0 Å². The Hall–Kier alpha value is -0.560. The maximum Gasteiger partial charge on any atom is 0.332 e. The predicted octanol–water partition coefficient (Wildman–Crippen LogP) is 1.70. The van der Waals surface area contributed by atoms with Crippen LogP contribution in [-0.4, -0.2) is 123 Å². The van der Waals surface area contributed by atoms with E-state index in [4.69, 9.17) is 54.2 Å². The van der Waals surface area contributed by atoms with E-state index in [0.717, 1.165) is 0 Å². The number of carbonyl (C=O) groups is 1. The van der Waals surface area contributed by atoms with Crippen LogP contribution in [0.4, 0.5) is 0 Å². The molecule has 0 bridgehead atoms. The lowest BCUT2D eigenvalue weighted by Crippen LogP contribution is -2.27. The van der Waals surface area contributed by atoms with E-state index in [1.807, 2.05) is 20.8 Å². The summed E-state index contributed by atoms with van der Waals surface area (Å²) in [6.45, 7) is 12.7. The van der Waals surface area contributed by atoms with E-state index < -0.39 is 5.60 Å². The van der Waals surface area contributed by atoms with Crippen molar-refractivity contribution in [2.45, 2.75) is 26.4 Å². The second kappa shape index (κ2) is 24.6. The fraction of sp³-hybridized carbons (Fsp3) is 0.955. The van der Waals surface area contributed by atoms with Crippen LogP contribution in [0.3, 0.4) is 0 Å². The van der Waals surface area contributed by atoms with Crippen molar-refractivity contribution in [3.05, 3.63) is 0 Å². The number of alkyl halides is 1. The Morgan fingerprint density at radius 3 is 1.06 bits per heavy atom. The van der Waals surface area contributed by atoms with Crippen molar-refractivity contribution in [3.63, 3.8) is 0 Å². The van der Waals surface area contributed by atoms with Crippen LogP contribution >= 0.6 is 11.6 Å². The van der Waals surface area contributed by atoms with Crippen LogP contribution in [0.5, 0.6) is 0 Å². The lowest BCUT2D eigenvalue weighted by molar-refractivity contribution is -0.160. The first-order valence-electron chi connectivity index (χ1n) is 11.4. The number of ether oxygens (including phenoxy) is 9. The Labute approximate surface area is 203 Å². The molecule has 11 heteroatoms. The van der Waals surface area contributed by atoms with Crippen molar-refractivity contribution in [3.8, 4) is 0 Å². The summed E-state index contributed by atoms with van der Waals surface area (Å²) in [5, 5.41) is 0. The van der Waals surface area contributed by atoms with Crippen LogP contribution < -0.4 is 0 Å². The maximum atomic E-state index is 11.4. The van der Waals surface area contributed by atoms with Crippen molar-refractivity contribution in [1.29, 1.82) is 0 Å². The number of halogens is 1. The molecule has 198 valence electrons. The molecular formula is C22H43ClO10. The van der Waals surface area contributed by atoms with Crippen LogP contribution in [-0.2, 0) is 47.4 Å². The zero-order chi connectivity index (χ0) is 24.5. The second-order valence-corrected chi connectivity index (χ2v) is 7.99. The summed E-state index contributed by atoms with van der Waals surface area (Å²) in [6, 6.07) is 0. The van der Waals surface area contributed by atoms with Crippen LogP contribution in [0.25, 0.3) is 0 Å². The van der Waals surface area contributed by atoms with E-state index in [0.29, 0.717) is 105 Å². The molecule has 0 rings (SSSR count). The summed E-state index contributed by atoms with van der Waals surface area (Å²) in [6.07, 6.45) is 0. The first-order valence-corrected chi connectivity index (χ1v) is 11.9. The van der Waals surface area contributed by atoms with Gasteiger partial charge in [-0.2, -0.15) is 0 Å². The monoisotopic (exact) mass is 502 g/mol. The summed E-state index contributed by atoms with van der Waals surface area (Å²) in [4.78, 5) is 11.4. The normalized spacial score (nSPS) is 11.8. The highest BCUT2D eigenvalue weighted by Gasteiger charge is 2.15. The van der Waals surface area contributed by atoms with E-state index in [1.165, 1.54) is 0 Å². The third-order valence-corrected chi connectivity index (χ3v) is 3.62. The van der Waals surface area contributed by atoms with Crippen LogP contribution in [0, 0.1) is 0 Å². The third-order valence-electron chi connectivity index (χ3n) is 3.47. The average Bonchev–Trinajstić information content (AvgIpc) is 2.75. The first kappa shape index (κ1) is 32.4. The Morgan fingerprint density at radius 1 is 0.515 bits per heavy atom. The quantitative estimate of drug-likeness (QED) is 0.104. The smallest absolute Gasteiger partial charge is 0.332 e. The third kappa shape index (κ3) is 29.4. The molecule has 0 saturated carbocycles. The van der Waals surface area contributed by atoms with E-state index >= 15 is 0 Å². The van der Waals surface area contributed by atoms with Crippen LogP contribution in [0.15, 0.2) is 0 Å². The molecule has 0 aliphatic carbocycles. The molecule has 33 heavy (non-hydrogen) atoms. The van der Waals surface area contributed by atoms with Gasteiger partial charge in [-0.3, -0.25) is 0 Å². The summed E-state index contributed by atoms with van der Waals surface area (Å²) in [5.41, 5.74) is -0.503. The van der Waals surface area contributed by atoms with Gasteiger partial charge in [0.05, 0.1) is 99.1 Å². The number of esters is 1. The maximum absolute atomic E-state index is 11.4. The topological polar surface area (TPSA) is 100 Å². The highest BCUT2D eigenvalue weighted by molar-refractivity contribution is 6.17. The minimum Gasteiger partial charge on any atom is -0.458 e. The number of hydrogen-bond donors (Lipinski definition) is 0. The number of rotatable bonds is 25. The van der Waals surface area contributed by atoms with E-state index in [1.54, 1.807) is 0 Å². The van der Waals surface area contributed by atoms with Crippen molar-refractivity contribution < 1.29 is 47.4 Å². The van der Waals surface area contributed by atoms with E-state index in [9.17, 15) is 4.79 Å². The zero-order valence-electron chi connectivity index (χ0n) is 20.5. The molecule has 0 aromatic carbocycles. The Bertz CT molecular complexity index is 420. The van der Waals surface area contributed by atoms with Gasteiger partial charge >= 0.3 is 5.97 Å². The Morgan fingerprint density at radius 2 is 0.788 bits per heavy atom. The number of carbonyl (C=O) groups excluding carboxylic acids is 1. The highest BCUT2D eigenvalue weighted by atomic mass is 35.5. The molecule has 0 atom stereocenters. The van der Waals surface area contributed by atoms with Gasteiger partial charge in [-0.05, 0) is 20.8 Å². The molecule has 0 heterocycles. The molecule has 0 N–H and O–H groups in total. The molecular weight excluding hydrogens is 460 g/mol. The van der Waals surface area contributed by atoms with Crippen molar-refractivity contribution >= 4 is 17.6 Å². The fourth-order valence-electron chi connectivity index (χ4n) is 2.12. The first-order chi connectivity index (χ1) is 16.0. The Kier molecular flexibility index (Phi) is 24.1. The standard InChI is InChI=1S/C22H43ClO10/c1-22(2,3)33-21(24)20-32-19-18-31-17-16-30-15-14-29-13-12-28-11-10-27-9-8-26-7-6-25-5-4-23/h4-20H2,1-3H3. The summed E-state index contributed by atoms with van der Waals surface area (Å²) in [7, 11) is 0. The molecule has 0 fully saturated rings. The zero-order valence-corrected chi connectivity index (χ0v) is 21.2.